The predicted octanol–water partition coefficient (Wildman–Crippen LogP) is 1.50. The molecule has 2 saturated heterocycles. The minimum Gasteiger partial charge on any atom is -0.484 e. The van der Waals surface area contributed by atoms with Gasteiger partial charge < -0.3 is 19.1 Å². The van der Waals surface area contributed by atoms with E-state index in [-0.39, 0.29) is 12.5 Å². The number of piperidine rings is 1. The number of rotatable bonds is 4. The minimum absolute atomic E-state index is 0.0201. The predicted molar refractivity (Wildman–Crippen MR) is 81.7 cm³/mol. The highest BCUT2D eigenvalue weighted by Crippen LogP contribution is 2.31. The molecule has 2 fully saturated rings. The van der Waals surface area contributed by atoms with Gasteiger partial charge in [0.15, 0.2) is 12.4 Å². The molecule has 0 radical (unpaired) electrons. The van der Waals surface area contributed by atoms with Gasteiger partial charge in [-0.1, -0.05) is 12.1 Å². The van der Waals surface area contributed by atoms with Crippen LogP contribution < -0.4 is 4.74 Å². The first-order chi connectivity index (χ1) is 11.2. The lowest BCUT2D eigenvalue weighted by molar-refractivity contribution is -0.187. The van der Waals surface area contributed by atoms with Crippen molar-refractivity contribution in [2.45, 2.75) is 25.0 Å². The number of nitrogens with zero attached hydrogens (tertiary/aromatic N) is 2. The number of carbonyl (C=O) groups is 1. The summed E-state index contributed by atoms with van der Waals surface area (Å²) in [7, 11) is 0. The second-order valence-electron chi connectivity index (χ2n) is 5.76. The molecule has 0 saturated carbocycles. The Labute approximate surface area is 135 Å². The Morgan fingerprint density at radius 2 is 1.87 bits per heavy atom. The third-order valence-electron chi connectivity index (χ3n) is 4.26. The zero-order chi connectivity index (χ0) is 16.1. The largest absolute Gasteiger partial charge is 0.484 e. The van der Waals surface area contributed by atoms with Crippen molar-refractivity contribution in [2.75, 3.05) is 32.9 Å². The molecule has 0 aliphatic carbocycles. The van der Waals surface area contributed by atoms with Gasteiger partial charge in [0, 0.05) is 25.9 Å². The Morgan fingerprint density at radius 1 is 1.22 bits per heavy atom. The normalized spacial score (nSPS) is 19.5. The number of ether oxygens (including phenoxy) is 3. The number of nitriles is 1. The summed E-state index contributed by atoms with van der Waals surface area (Å²) in [5.74, 6) is 0.142. The van der Waals surface area contributed by atoms with Crippen LogP contribution in [0, 0.1) is 11.3 Å². The molecule has 0 aromatic heterocycles. The summed E-state index contributed by atoms with van der Waals surface area (Å²) in [5.41, 5.74) is 0.934. The van der Waals surface area contributed by atoms with Crippen LogP contribution in [0.15, 0.2) is 24.3 Å². The Balaban J connectivity index is 1.45. The monoisotopic (exact) mass is 316 g/mol. The van der Waals surface area contributed by atoms with Gasteiger partial charge in [-0.25, -0.2) is 0 Å². The molecular formula is C17H20N2O4. The maximum absolute atomic E-state index is 12.2. The molecule has 0 unspecified atom stereocenters. The number of likely N-dealkylation sites (tertiary alicyclic amines) is 1. The summed E-state index contributed by atoms with van der Waals surface area (Å²) in [4.78, 5) is 14.0. The molecule has 1 aromatic rings. The molecular weight excluding hydrogens is 296 g/mol. The first-order valence-electron chi connectivity index (χ1n) is 7.85. The number of hydrogen-bond donors (Lipinski definition) is 0. The van der Waals surface area contributed by atoms with Crippen molar-refractivity contribution >= 4 is 5.91 Å². The van der Waals surface area contributed by atoms with Crippen molar-refractivity contribution in [3.05, 3.63) is 29.8 Å². The maximum Gasteiger partial charge on any atom is 0.260 e. The number of hydrogen-bond acceptors (Lipinski definition) is 5. The summed E-state index contributed by atoms with van der Waals surface area (Å²) in [6.07, 6.45) is 1.79. The van der Waals surface area contributed by atoms with E-state index in [2.05, 4.69) is 6.07 Å². The molecule has 2 aliphatic heterocycles. The SMILES string of the molecule is N#CCc1ccc(OCC(=O)N2CCC3(CC2)OCCO3)cc1. The second-order valence-corrected chi connectivity index (χ2v) is 5.76. The Hall–Kier alpha value is -2.10. The molecule has 2 heterocycles. The lowest BCUT2D eigenvalue weighted by atomic mass is 10.0. The van der Waals surface area contributed by atoms with Crippen molar-refractivity contribution in [1.82, 2.24) is 4.90 Å². The van der Waals surface area contributed by atoms with Gasteiger partial charge in [-0.2, -0.15) is 5.26 Å². The van der Waals surface area contributed by atoms with E-state index >= 15 is 0 Å². The molecule has 1 spiro atoms. The molecule has 3 rings (SSSR count). The van der Waals surface area contributed by atoms with E-state index in [1.165, 1.54) is 0 Å². The number of benzene rings is 1. The molecule has 6 nitrogen and oxygen atoms in total. The maximum atomic E-state index is 12.2. The quantitative estimate of drug-likeness (QED) is 0.842. The van der Waals surface area contributed by atoms with E-state index in [0.29, 0.717) is 51.3 Å². The minimum atomic E-state index is -0.464. The van der Waals surface area contributed by atoms with Crippen molar-refractivity contribution < 1.29 is 19.0 Å². The van der Waals surface area contributed by atoms with E-state index in [9.17, 15) is 4.79 Å². The number of carbonyl (C=O) groups excluding carboxylic acids is 1. The molecule has 1 aromatic carbocycles. The summed E-state index contributed by atoms with van der Waals surface area (Å²) < 4.78 is 16.8. The third-order valence-corrected chi connectivity index (χ3v) is 4.26. The lowest BCUT2D eigenvalue weighted by Crippen LogP contribution is -2.48. The zero-order valence-electron chi connectivity index (χ0n) is 13.0. The van der Waals surface area contributed by atoms with Crippen LogP contribution >= 0.6 is 0 Å². The average molecular weight is 316 g/mol. The van der Waals surface area contributed by atoms with Crippen LogP contribution in [-0.4, -0.2) is 49.5 Å². The van der Waals surface area contributed by atoms with Crippen molar-refractivity contribution in [1.29, 1.82) is 5.26 Å². The molecule has 2 aliphatic rings. The van der Waals surface area contributed by atoms with Crippen molar-refractivity contribution in [3.63, 3.8) is 0 Å². The summed E-state index contributed by atoms with van der Waals surface area (Å²) >= 11 is 0. The van der Waals surface area contributed by atoms with Crippen LogP contribution in [0.1, 0.15) is 18.4 Å². The van der Waals surface area contributed by atoms with Gasteiger partial charge >= 0.3 is 0 Å². The molecule has 6 heteroatoms. The molecule has 1 amide bonds. The van der Waals surface area contributed by atoms with Crippen LogP contribution in [-0.2, 0) is 20.7 Å². The standard InChI is InChI=1S/C17H20N2O4/c18-8-5-14-1-3-15(4-2-14)21-13-16(20)19-9-6-17(7-10-19)22-11-12-23-17/h1-4H,5-7,9-13H2. The average Bonchev–Trinajstić information content (AvgIpc) is 3.03. The van der Waals surface area contributed by atoms with E-state index < -0.39 is 5.79 Å². The second kappa shape index (κ2) is 6.99. The summed E-state index contributed by atoms with van der Waals surface area (Å²) in [6, 6.07) is 9.33. The van der Waals surface area contributed by atoms with Crippen LogP contribution in [0.2, 0.25) is 0 Å². The van der Waals surface area contributed by atoms with Gasteiger partial charge in [-0.3, -0.25) is 4.79 Å². The van der Waals surface area contributed by atoms with E-state index in [4.69, 9.17) is 19.5 Å². The van der Waals surface area contributed by atoms with Gasteiger partial charge in [-0.05, 0) is 17.7 Å². The van der Waals surface area contributed by atoms with E-state index in [1.54, 1.807) is 17.0 Å². The van der Waals surface area contributed by atoms with Gasteiger partial charge in [0.25, 0.3) is 5.91 Å². The van der Waals surface area contributed by atoms with Crippen LogP contribution in [0.5, 0.6) is 5.75 Å². The van der Waals surface area contributed by atoms with E-state index in [1.807, 2.05) is 12.1 Å². The fourth-order valence-corrected chi connectivity index (χ4v) is 2.91. The van der Waals surface area contributed by atoms with Crippen LogP contribution in [0.3, 0.4) is 0 Å². The fraction of sp³-hybridized carbons (Fsp3) is 0.529. The first-order valence-corrected chi connectivity index (χ1v) is 7.85. The summed E-state index contributed by atoms with van der Waals surface area (Å²) in [5, 5.41) is 8.64. The van der Waals surface area contributed by atoms with Gasteiger partial charge in [0.05, 0.1) is 25.7 Å². The Morgan fingerprint density at radius 3 is 2.48 bits per heavy atom. The number of amides is 1. The summed E-state index contributed by atoms with van der Waals surface area (Å²) in [6.45, 7) is 2.55. The highest BCUT2D eigenvalue weighted by Gasteiger charge is 2.40. The lowest BCUT2D eigenvalue weighted by Gasteiger charge is -2.37. The van der Waals surface area contributed by atoms with Crippen LogP contribution in [0.4, 0.5) is 0 Å². The van der Waals surface area contributed by atoms with Crippen molar-refractivity contribution in [2.24, 2.45) is 0 Å². The Kier molecular flexibility index (Phi) is 4.79. The van der Waals surface area contributed by atoms with Gasteiger partial charge in [0.1, 0.15) is 5.75 Å². The zero-order valence-corrected chi connectivity index (χ0v) is 13.0. The van der Waals surface area contributed by atoms with Gasteiger partial charge in [-0.15, -0.1) is 0 Å². The fourth-order valence-electron chi connectivity index (χ4n) is 2.91. The molecule has 23 heavy (non-hydrogen) atoms. The van der Waals surface area contributed by atoms with E-state index in [0.717, 1.165) is 5.56 Å². The Bertz CT molecular complexity index is 578. The molecule has 0 N–H and O–H groups in total. The molecule has 0 atom stereocenters. The van der Waals surface area contributed by atoms with Crippen molar-refractivity contribution in [3.8, 4) is 11.8 Å². The third kappa shape index (κ3) is 3.81. The topological polar surface area (TPSA) is 71.8 Å². The van der Waals surface area contributed by atoms with Crippen LogP contribution in [0.25, 0.3) is 0 Å². The smallest absolute Gasteiger partial charge is 0.260 e. The van der Waals surface area contributed by atoms with Gasteiger partial charge in [0.2, 0.25) is 0 Å². The molecule has 0 bridgehead atoms. The highest BCUT2D eigenvalue weighted by molar-refractivity contribution is 5.77. The first kappa shape index (κ1) is 15.8. The highest BCUT2D eigenvalue weighted by atomic mass is 16.7. The molecule has 122 valence electrons.